The Hall–Kier alpha value is -4.62. The van der Waals surface area contributed by atoms with Gasteiger partial charge in [0.1, 0.15) is 24.6 Å². The Morgan fingerprint density at radius 2 is 1.58 bits per heavy atom. The number of anilines is 4. The molecule has 2 heterocycles. The van der Waals surface area contributed by atoms with Gasteiger partial charge in [0.2, 0.25) is 0 Å². The molecule has 1 aliphatic rings. The Bertz CT molecular complexity index is 1260. The quantitative estimate of drug-likeness (QED) is 0.243. The molecule has 1 aromatic heterocycles. The summed E-state index contributed by atoms with van der Waals surface area (Å²) in [4.78, 5) is 46.1. The van der Waals surface area contributed by atoms with Crippen LogP contribution in [0, 0.1) is 0 Å². The fraction of sp³-hybridized carbons (Fsp3) is 0.400. The SMILES string of the molecule is C=CCOC(=O)Nc1cc(CN(C(=O)OC(C)(C)C)c2cc(N3CCOCC3)cc(CO)n2)cc(NC(=O)OCC=C)c1. The summed E-state index contributed by atoms with van der Waals surface area (Å²) in [5.74, 6) is 0.242. The van der Waals surface area contributed by atoms with Crippen molar-refractivity contribution in [2.45, 2.75) is 39.5 Å². The van der Waals surface area contributed by atoms with Crippen molar-refractivity contribution < 1.29 is 38.4 Å². The van der Waals surface area contributed by atoms with Gasteiger partial charge in [-0.1, -0.05) is 25.3 Å². The van der Waals surface area contributed by atoms with Crippen LogP contribution in [0.15, 0.2) is 55.6 Å². The zero-order valence-corrected chi connectivity index (χ0v) is 24.8. The van der Waals surface area contributed by atoms with Crippen LogP contribution >= 0.6 is 0 Å². The van der Waals surface area contributed by atoms with Crippen LogP contribution in [0.4, 0.5) is 37.3 Å². The summed E-state index contributed by atoms with van der Waals surface area (Å²) in [6.45, 7) is 14.2. The van der Waals surface area contributed by atoms with E-state index in [0.29, 0.717) is 37.6 Å². The van der Waals surface area contributed by atoms with E-state index >= 15 is 0 Å². The maximum atomic E-state index is 13.6. The molecule has 0 radical (unpaired) electrons. The van der Waals surface area contributed by atoms with E-state index in [1.54, 1.807) is 45.0 Å². The molecule has 1 aliphatic heterocycles. The van der Waals surface area contributed by atoms with Gasteiger partial charge in [0.05, 0.1) is 32.1 Å². The lowest BCUT2D eigenvalue weighted by atomic mass is 10.1. The first kappa shape index (κ1) is 32.9. The number of hydrogen-bond donors (Lipinski definition) is 3. The number of amides is 3. The van der Waals surface area contributed by atoms with Crippen molar-refractivity contribution >= 4 is 41.2 Å². The van der Waals surface area contributed by atoms with Crippen LogP contribution < -0.4 is 20.4 Å². The highest BCUT2D eigenvalue weighted by atomic mass is 16.6. The van der Waals surface area contributed by atoms with Crippen LogP contribution in [-0.2, 0) is 32.1 Å². The summed E-state index contributed by atoms with van der Waals surface area (Å²) < 4.78 is 21.2. The van der Waals surface area contributed by atoms with E-state index in [1.165, 1.54) is 23.1 Å². The molecule has 13 nitrogen and oxygen atoms in total. The predicted molar refractivity (Wildman–Crippen MR) is 162 cm³/mol. The van der Waals surface area contributed by atoms with Crippen molar-refractivity contribution in [2.75, 3.05) is 60.0 Å². The van der Waals surface area contributed by atoms with Crippen molar-refractivity contribution in [1.29, 1.82) is 0 Å². The molecule has 0 aliphatic carbocycles. The Morgan fingerprint density at radius 1 is 1.00 bits per heavy atom. The summed E-state index contributed by atoms with van der Waals surface area (Å²) in [5, 5.41) is 15.2. The largest absolute Gasteiger partial charge is 0.445 e. The van der Waals surface area contributed by atoms with Crippen LogP contribution in [0.3, 0.4) is 0 Å². The summed E-state index contributed by atoms with van der Waals surface area (Å²) in [5.41, 5.74) is 1.35. The molecule has 0 saturated carbocycles. The van der Waals surface area contributed by atoms with Gasteiger partial charge in [0, 0.05) is 36.2 Å². The number of ether oxygens (including phenoxy) is 4. The van der Waals surface area contributed by atoms with Crippen molar-refractivity contribution in [2.24, 2.45) is 0 Å². The molecule has 13 heteroatoms. The van der Waals surface area contributed by atoms with Crippen LogP contribution in [0.25, 0.3) is 0 Å². The molecule has 1 saturated heterocycles. The van der Waals surface area contributed by atoms with Gasteiger partial charge in [0.25, 0.3) is 0 Å². The molecule has 3 amide bonds. The van der Waals surface area contributed by atoms with E-state index in [9.17, 15) is 19.5 Å². The summed E-state index contributed by atoms with van der Waals surface area (Å²) >= 11 is 0. The Morgan fingerprint density at radius 3 is 2.09 bits per heavy atom. The number of aliphatic hydroxyl groups excluding tert-OH is 1. The minimum Gasteiger partial charge on any atom is -0.445 e. The highest BCUT2D eigenvalue weighted by Gasteiger charge is 2.27. The molecule has 0 atom stereocenters. The van der Waals surface area contributed by atoms with Crippen molar-refractivity contribution in [3.8, 4) is 0 Å². The zero-order chi connectivity index (χ0) is 31.4. The molecule has 0 spiro atoms. The second-order valence-electron chi connectivity index (χ2n) is 10.4. The minimum absolute atomic E-state index is 0.00469. The van der Waals surface area contributed by atoms with E-state index in [1.807, 2.05) is 0 Å². The van der Waals surface area contributed by atoms with Gasteiger partial charge in [-0.2, -0.15) is 0 Å². The van der Waals surface area contributed by atoms with Gasteiger partial charge in [-0.15, -0.1) is 0 Å². The van der Waals surface area contributed by atoms with Crippen LogP contribution in [0.1, 0.15) is 32.0 Å². The number of hydrogen-bond acceptors (Lipinski definition) is 10. The second-order valence-corrected chi connectivity index (χ2v) is 10.4. The number of pyridine rings is 1. The van der Waals surface area contributed by atoms with Crippen LogP contribution in [-0.4, -0.2) is 73.5 Å². The first-order valence-corrected chi connectivity index (χ1v) is 13.7. The molecule has 3 N–H and O–H groups in total. The topological polar surface area (TPSA) is 152 Å². The normalized spacial score (nSPS) is 13.0. The summed E-state index contributed by atoms with van der Waals surface area (Å²) in [6.07, 6.45) is 0.681. The standard InChI is InChI=1S/C30H39N5O8/c1-6-10-41-27(37)32-22-14-21(15-23(16-22)33-28(38)42-11-7-2)19-35(29(39)43-30(3,4)5)26-18-25(17-24(20-36)31-26)34-8-12-40-13-9-34/h6-7,14-18,36H,1-2,8-13,19-20H2,3-5H3,(H,32,37)(H,33,38). The smallest absolute Gasteiger partial charge is 0.416 e. The maximum Gasteiger partial charge on any atom is 0.416 e. The van der Waals surface area contributed by atoms with Gasteiger partial charge >= 0.3 is 18.3 Å². The van der Waals surface area contributed by atoms with Gasteiger partial charge in [-0.05, 0) is 50.6 Å². The van der Waals surface area contributed by atoms with E-state index < -0.39 is 23.9 Å². The molecule has 43 heavy (non-hydrogen) atoms. The predicted octanol–water partition coefficient (Wildman–Crippen LogP) is 4.82. The van der Waals surface area contributed by atoms with E-state index in [4.69, 9.17) is 18.9 Å². The molecule has 1 aromatic carbocycles. The number of carbonyl (C=O) groups is 3. The third-order valence-electron chi connectivity index (χ3n) is 5.77. The molecule has 3 rings (SSSR count). The molecule has 0 unspecified atom stereocenters. The average molecular weight is 598 g/mol. The molecule has 1 fully saturated rings. The summed E-state index contributed by atoms with van der Waals surface area (Å²) in [6, 6.07) is 8.25. The Labute approximate surface area is 251 Å². The fourth-order valence-electron chi connectivity index (χ4n) is 4.02. The molecule has 0 bridgehead atoms. The van der Waals surface area contributed by atoms with Gasteiger partial charge in [0.15, 0.2) is 0 Å². The number of aromatic nitrogens is 1. The van der Waals surface area contributed by atoms with Gasteiger partial charge in [-0.25, -0.2) is 19.4 Å². The highest BCUT2D eigenvalue weighted by Crippen LogP contribution is 2.28. The third-order valence-corrected chi connectivity index (χ3v) is 5.77. The number of rotatable bonds is 11. The highest BCUT2D eigenvalue weighted by molar-refractivity contribution is 5.90. The van der Waals surface area contributed by atoms with Crippen molar-refractivity contribution in [3.63, 3.8) is 0 Å². The lowest BCUT2D eigenvalue weighted by molar-refractivity contribution is 0.0576. The Balaban J connectivity index is 2.04. The zero-order valence-electron chi connectivity index (χ0n) is 24.8. The average Bonchev–Trinajstić information content (AvgIpc) is 2.96. The van der Waals surface area contributed by atoms with E-state index in [-0.39, 0.29) is 43.6 Å². The molecule has 2 aromatic rings. The van der Waals surface area contributed by atoms with Crippen molar-refractivity contribution in [1.82, 2.24) is 4.98 Å². The number of aliphatic hydroxyl groups is 1. The fourth-order valence-corrected chi connectivity index (χ4v) is 4.02. The Kier molecular flexibility index (Phi) is 11.9. The number of benzene rings is 1. The maximum absolute atomic E-state index is 13.6. The van der Waals surface area contributed by atoms with Crippen LogP contribution in [0.5, 0.6) is 0 Å². The minimum atomic E-state index is -0.823. The molecular formula is C30H39N5O8. The monoisotopic (exact) mass is 597 g/mol. The van der Waals surface area contributed by atoms with Gasteiger partial charge < -0.3 is 29.0 Å². The third kappa shape index (κ3) is 10.6. The van der Waals surface area contributed by atoms with E-state index in [2.05, 4.69) is 33.7 Å². The number of nitrogens with one attached hydrogen (secondary N) is 2. The number of nitrogens with zero attached hydrogens (tertiary/aromatic N) is 3. The number of carbonyl (C=O) groups excluding carboxylic acids is 3. The first-order valence-electron chi connectivity index (χ1n) is 13.7. The molecular weight excluding hydrogens is 558 g/mol. The lowest BCUT2D eigenvalue weighted by Gasteiger charge is -2.31. The second kappa shape index (κ2) is 15.6. The lowest BCUT2D eigenvalue weighted by Crippen LogP contribution is -2.38. The number of morpholine rings is 1. The first-order chi connectivity index (χ1) is 20.5. The van der Waals surface area contributed by atoms with E-state index in [0.717, 1.165) is 5.69 Å². The summed E-state index contributed by atoms with van der Waals surface area (Å²) in [7, 11) is 0. The van der Waals surface area contributed by atoms with Crippen LogP contribution in [0.2, 0.25) is 0 Å². The van der Waals surface area contributed by atoms with Gasteiger partial charge in [-0.3, -0.25) is 15.5 Å². The molecule has 232 valence electrons. The van der Waals surface area contributed by atoms with Crippen molar-refractivity contribution in [3.05, 3.63) is 66.9 Å².